The van der Waals surface area contributed by atoms with Crippen molar-refractivity contribution in [2.24, 2.45) is 0 Å². The Bertz CT molecular complexity index is 1360. The van der Waals surface area contributed by atoms with Gasteiger partial charge in [0.1, 0.15) is 12.1 Å². The maximum Gasteiger partial charge on any atom is 0.262 e. The number of nitrogens with one attached hydrogen (secondary N) is 1. The van der Waals surface area contributed by atoms with Gasteiger partial charge in [0.15, 0.2) is 5.82 Å². The third kappa shape index (κ3) is 4.47. The molecule has 2 heterocycles. The van der Waals surface area contributed by atoms with E-state index in [-0.39, 0.29) is 4.90 Å². The zero-order valence-electron chi connectivity index (χ0n) is 18.2. The Kier molecular flexibility index (Phi) is 5.67. The van der Waals surface area contributed by atoms with E-state index in [1.807, 2.05) is 31.4 Å². The average Bonchev–Trinajstić information content (AvgIpc) is 3.10. The summed E-state index contributed by atoms with van der Waals surface area (Å²) in [6.45, 7) is 7.53. The lowest BCUT2D eigenvalue weighted by Crippen LogP contribution is -2.14. The molecule has 2 aromatic carbocycles. The van der Waals surface area contributed by atoms with Crippen molar-refractivity contribution in [1.29, 1.82) is 0 Å². The molecule has 0 aliphatic heterocycles. The predicted molar refractivity (Wildman–Crippen MR) is 122 cm³/mol. The van der Waals surface area contributed by atoms with Gasteiger partial charge in [-0.05, 0) is 75.2 Å². The van der Waals surface area contributed by atoms with Crippen LogP contribution < -0.4 is 9.46 Å². The van der Waals surface area contributed by atoms with Gasteiger partial charge < -0.3 is 4.74 Å². The highest BCUT2D eigenvalue weighted by atomic mass is 32.2. The minimum atomic E-state index is -3.69. The molecule has 0 unspecified atom stereocenters. The summed E-state index contributed by atoms with van der Waals surface area (Å²) in [6, 6.07) is 15.5. The molecular weight excluding hydrogens is 426 g/mol. The number of aryl methyl sites for hydroxylation is 3. The molecule has 9 heteroatoms. The zero-order chi connectivity index (χ0) is 22.9. The molecule has 0 atom stereocenters. The number of benzene rings is 2. The first-order valence-corrected chi connectivity index (χ1v) is 11.4. The quantitative estimate of drug-likeness (QED) is 0.466. The van der Waals surface area contributed by atoms with Crippen molar-refractivity contribution in [3.05, 3.63) is 83.4 Å². The standard InChI is InChI=1S/C23H23N5O3S/c1-15-5-6-16(2)21(13-15)32(29,30)27-19-7-9-20(10-8-19)31-23-12-11-22(25-26-23)28-14-24-17(3)18(28)4/h5-14,27H,1-4H3. The molecule has 164 valence electrons. The molecule has 0 bridgehead atoms. The number of hydrogen-bond donors (Lipinski definition) is 1. The van der Waals surface area contributed by atoms with Crippen LogP contribution in [-0.4, -0.2) is 28.2 Å². The number of nitrogens with zero attached hydrogens (tertiary/aromatic N) is 4. The summed E-state index contributed by atoms with van der Waals surface area (Å²) in [5.74, 6) is 1.48. The Morgan fingerprint density at radius 3 is 2.28 bits per heavy atom. The monoisotopic (exact) mass is 449 g/mol. The molecule has 8 nitrogen and oxygen atoms in total. The van der Waals surface area contributed by atoms with Crippen molar-refractivity contribution in [1.82, 2.24) is 19.7 Å². The maximum atomic E-state index is 12.8. The Hall–Kier alpha value is -3.72. The third-order valence-electron chi connectivity index (χ3n) is 5.09. The van der Waals surface area contributed by atoms with Gasteiger partial charge >= 0.3 is 0 Å². The zero-order valence-corrected chi connectivity index (χ0v) is 19.0. The fourth-order valence-corrected chi connectivity index (χ4v) is 4.53. The van der Waals surface area contributed by atoms with E-state index in [0.717, 1.165) is 17.0 Å². The van der Waals surface area contributed by atoms with Crippen LogP contribution in [0.25, 0.3) is 5.82 Å². The van der Waals surface area contributed by atoms with Crippen LogP contribution in [0.4, 0.5) is 5.69 Å². The Morgan fingerprint density at radius 2 is 1.66 bits per heavy atom. The molecule has 0 radical (unpaired) electrons. The first kappa shape index (κ1) is 21.5. The second-order valence-corrected chi connectivity index (χ2v) is 9.17. The molecule has 2 aromatic heterocycles. The van der Waals surface area contributed by atoms with E-state index in [1.165, 1.54) is 0 Å². The van der Waals surface area contributed by atoms with Crippen molar-refractivity contribution in [2.75, 3.05) is 4.72 Å². The van der Waals surface area contributed by atoms with E-state index in [0.29, 0.717) is 28.7 Å². The van der Waals surface area contributed by atoms with Crippen molar-refractivity contribution in [3.8, 4) is 17.4 Å². The molecule has 0 amide bonds. The van der Waals surface area contributed by atoms with E-state index in [4.69, 9.17) is 4.74 Å². The van der Waals surface area contributed by atoms with Gasteiger partial charge in [0, 0.05) is 17.4 Å². The summed E-state index contributed by atoms with van der Waals surface area (Å²) in [7, 11) is -3.69. The van der Waals surface area contributed by atoms with Crippen molar-refractivity contribution in [3.63, 3.8) is 0 Å². The highest BCUT2D eigenvalue weighted by Gasteiger charge is 2.17. The molecule has 4 rings (SSSR count). The summed E-state index contributed by atoms with van der Waals surface area (Å²) >= 11 is 0. The van der Waals surface area contributed by atoms with E-state index in [2.05, 4.69) is 19.9 Å². The number of imidazole rings is 1. The summed E-state index contributed by atoms with van der Waals surface area (Å²) in [5.41, 5.74) is 3.93. The molecule has 4 aromatic rings. The highest BCUT2D eigenvalue weighted by molar-refractivity contribution is 7.92. The van der Waals surface area contributed by atoms with E-state index in [1.54, 1.807) is 61.8 Å². The molecule has 0 fully saturated rings. The van der Waals surface area contributed by atoms with Gasteiger partial charge in [0.25, 0.3) is 10.0 Å². The van der Waals surface area contributed by atoms with Crippen molar-refractivity contribution in [2.45, 2.75) is 32.6 Å². The second kappa shape index (κ2) is 8.43. The minimum Gasteiger partial charge on any atom is -0.438 e. The molecule has 1 N–H and O–H groups in total. The molecule has 0 spiro atoms. The summed E-state index contributed by atoms with van der Waals surface area (Å²) in [4.78, 5) is 4.52. The van der Waals surface area contributed by atoms with Gasteiger partial charge in [-0.2, -0.15) is 0 Å². The van der Waals surface area contributed by atoms with Crippen LogP contribution in [0.2, 0.25) is 0 Å². The summed E-state index contributed by atoms with van der Waals surface area (Å²) in [5, 5.41) is 8.30. The second-order valence-electron chi connectivity index (χ2n) is 7.52. The average molecular weight is 450 g/mol. The van der Waals surface area contributed by atoms with Crippen LogP contribution in [0.1, 0.15) is 22.5 Å². The van der Waals surface area contributed by atoms with Gasteiger partial charge in [-0.1, -0.05) is 12.1 Å². The normalized spacial score (nSPS) is 11.4. The van der Waals surface area contributed by atoms with Gasteiger partial charge in [-0.3, -0.25) is 9.29 Å². The number of ether oxygens (including phenoxy) is 1. The number of aromatic nitrogens is 4. The van der Waals surface area contributed by atoms with E-state index in [9.17, 15) is 8.42 Å². The predicted octanol–water partition coefficient (Wildman–Crippen LogP) is 4.49. The molecule has 0 saturated carbocycles. The lowest BCUT2D eigenvalue weighted by atomic mass is 10.2. The van der Waals surface area contributed by atoms with Crippen LogP contribution >= 0.6 is 0 Å². The largest absolute Gasteiger partial charge is 0.438 e. The summed E-state index contributed by atoms with van der Waals surface area (Å²) < 4.78 is 35.7. The lowest BCUT2D eigenvalue weighted by molar-refractivity contribution is 0.454. The number of anilines is 1. The molecule has 32 heavy (non-hydrogen) atoms. The minimum absolute atomic E-state index is 0.261. The number of sulfonamides is 1. The molecule has 0 aliphatic rings. The maximum absolute atomic E-state index is 12.8. The van der Waals surface area contributed by atoms with E-state index >= 15 is 0 Å². The lowest BCUT2D eigenvalue weighted by Gasteiger charge is -2.12. The molecule has 0 aliphatic carbocycles. The summed E-state index contributed by atoms with van der Waals surface area (Å²) in [6.07, 6.45) is 1.70. The van der Waals surface area contributed by atoms with Gasteiger partial charge in [-0.15, -0.1) is 10.2 Å². The van der Waals surface area contributed by atoms with Gasteiger partial charge in [-0.25, -0.2) is 13.4 Å². The van der Waals surface area contributed by atoms with Crippen LogP contribution in [-0.2, 0) is 10.0 Å². The topological polar surface area (TPSA) is 99.0 Å². The van der Waals surface area contributed by atoms with E-state index < -0.39 is 10.0 Å². The SMILES string of the molecule is Cc1ccc(C)c(S(=O)(=O)Nc2ccc(Oc3ccc(-n4cnc(C)c4C)nn3)cc2)c1. The third-order valence-corrected chi connectivity index (χ3v) is 6.61. The van der Waals surface area contributed by atoms with Crippen LogP contribution in [0.5, 0.6) is 11.6 Å². The van der Waals surface area contributed by atoms with Crippen molar-refractivity contribution < 1.29 is 13.2 Å². The Balaban J connectivity index is 1.46. The fourth-order valence-electron chi connectivity index (χ4n) is 3.14. The van der Waals surface area contributed by atoms with Crippen LogP contribution in [0, 0.1) is 27.7 Å². The van der Waals surface area contributed by atoms with Gasteiger partial charge in [0.05, 0.1) is 10.6 Å². The number of rotatable bonds is 6. The first-order valence-electron chi connectivity index (χ1n) is 9.95. The molecule has 0 saturated heterocycles. The van der Waals surface area contributed by atoms with Crippen LogP contribution in [0.15, 0.2) is 65.8 Å². The van der Waals surface area contributed by atoms with Crippen LogP contribution in [0.3, 0.4) is 0 Å². The van der Waals surface area contributed by atoms with Gasteiger partial charge in [0.2, 0.25) is 5.88 Å². The Morgan fingerprint density at radius 1 is 0.906 bits per heavy atom. The highest BCUT2D eigenvalue weighted by Crippen LogP contribution is 2.25. The van der Waals surface area contributed by atoms with Crippen molar-refractivity contribution >= 4 is 15.7 Å². The Labute approximate surface area is 187 Å². The first-order chi connectivity index (χ1) is 15.2. The smallest absolute Gasteiger partial charge is 0.262 e. The number of hydrogen-bond acceptors (Lipinski definition) is 6. The fraction of sp³-hybridized carbons (Fsp3) is 0.174. The molecular formula is C23H23N5O3S.